The fraction of sp³-hybridized carbons (Fsp3) is 0.294. The highest BCUT2D eigenvalue weighted by Crippen LogP contribution is 2.23. The van der Waals surface area contributed by atoms with Crippen LogP contribution in [0.25, 0.3) is 5.52 Å². The van der Waals surface area contributed by atoms with Crippen LogP contribution in [0.3, 0.4) is 0 Å². The van der Waals surface area contributed by atoms with Crippen LogP contribution in [-0.4, -0.2) is 21.2 Å². The van der Waals surface area contributed by atoms with Gasteiger partial charge in [-0.05, 0) is 36.1 Å². The zero-order valence-corrected chi connectivity index (χ0v) is 12.5. The summed E-state index contributed by atoms with van der Waals surface area (Å²) in [6.07, 6.45) is 4.59. The van der Waals surface area contributed by atoms with Crippen molar-refractivity contribution in [2.75, 3.05) is 6.61 Å². The predicted octanol–water partition coefficient (Wildman–Crippen LogP) is 2.69. The molecule has 0 saturated carbocycles. The van der Waals surface area contributed by atoms with Crippen molar-refractivity contribution in [3.8, 4) is 5.88 Å². The average molecular weight is 295 g/mol. The molecule has 0 spiro atoms. The van der Waals surface area contributed by atoms with Gasteiger partial charge in [0.05, 0.1) is 31.3 Å². The van der Waals surface area contributed by atoms with Gasteiger partial charge in [0.1, 0.15) is 12.1 Å². The number of aryl methyl sites for hydroxylation is 1. The molecule has 0 bridgehead atoms. The second kappa shape index (κ2) is 5.42. The predicted molar refractivity (Wildman–Crippen MR) is 81.9 cm³/mol. The molecule has 0 N–H and O–H groups in total. The Morgan fingerprint density at radius 1 is 1.32 bits per heavy atom. The lowest BCUT2D eigenvalue weighted by molar-refractivity contribution is 0.110. The first-order valence-corrected chi connectivity index (χ1v) is 7.42. The van der Waals surface area contributed by atoms with Crippen molar-refractivity contribution in [2.24, 2.45) is 0 Å². The minimum atomic E-state index is 0.514. The highest BCUT2D eigenvalue weighted by Gasteiger charge is 2.14. The lowest BCUT2D eigenvalue weighted by Crippen LogP contribution is -2.13. The number of ether oxygens (including phenoxy) is 2. The number of aromatic nitrogens is 3. The van der Waals surface area contributed by atoms with Crippen LogP contribution in [0.1, 0.15) is 22.4 Å². The summed E-state index contributed by atoms with van der Waals surface area (Å²) >= 11 is 0. The van der Waals surface area contributed by atoms with E-state index in [1.165, 1.54) is 16.7 Å². The first-order valence-electron chi connectivity index (χ1n) is 7.42. The van der Waals surface area contributed by atoms with Crippen LogP contribution in [0.5, 0.6) is 5.88 Å². The van der Waals surface area contributed by atoms with E-state index in [4.69, 9.17) is 9.47 Å². The van der Waals surface area contributed by atoms with Gasteiger partial charge in [0.2, 0.25) is 5.88 Å². The molecular formula is C17H17N3O2. The Labute approximate surface area is 128 Å². The van der Waals surface area contributed by atoms with Gasteiger partial charge in [-0.3, -0.25) is 0 Å². The van der Waals surface area contributed by atoms with E-state index in [1.54, 1.807) is 10.7 Å². The monoisotopic (exact) mass is 295 g/mol. The van der Waals surface area contributed by atoms with Gasteiger partial charge in [0.25, 0.3) is 0 Å². The summed E-state index contributed by atoms with van der Waals surface area (Å²) in [4.78, 5) is 4.49. The molecule has 0 saturated heterocycles. The van der Waals surface area contributed by atoms with Crippen molar-refractivity contribution >= 4 is 5.52 Å². The maximum Gasteiger partial charge on any atom is 0.240 e. The Kier molecular flexibility index (Phi) is 3.27. The molecule has 5 heteroatoms. The second-order valence-corrected chi connectivity index (χ2v) is 5.49. The molecule has 1 aromatic carbocycles. The Balaban J connectivity index is 1.63. The van der Waals surface area contributed by atoms with E-state index in [2.05, 4.69) is 28.3 Å². The maximum absolute atomic E-state index is 6.00. The standard InChI is InChI=1S/C17H17N3O2/c1-12-9-20-16(5-7-18-20)17(19-12)22-11-14-4-2-3-13-10-21-8-6-15(13)14/h2-5,7,9H,6,8,10-11H2,1H3. The number of hydrogen-bond donors (Lipinski definition) is 0. The number of nitrogens with zero attached hydrogens (tertiary/aromatic N) is 3. The van der Waals surface area contributed by atoms with Crippen molar-refractivity contribution in [3.63, 3.8) is 0 Å². The number of fused-ring (bicyclic) bond motifs is 2. The minimum Gasteiger partial charge on any atom is -0.471 e. The molecule has 22 heavy (non-hydrogen) atoms. The van der Waals surface area contributed by atoms with E-state index >= 15 is 0 Å². The third-order valence-electron chi connectivity index (χ3n) is 3.96. The summed E-state index contributed by atoms with van der Waals surface area (Å²) in [6, 6.07) is 8.21. The van der Waals surface area contributed by atoms with E-state index in [1.807, 2.05) is 19.2 Å². The number of benzene rings is 1. The zero-order chi connectivity index (χ0) is 14.9. The topological polar surface area (TPSA) is 48.7 Å². The van der Waals surface area contributed by atoms with Crippen molar-refractivity contribution < 1.29 is 9.47 Å². The fourth-order valence-electron chi connectivity index (χ4n) is 2.90. The third-order valence-corrected chi connectivity index (χ3v) is 3.96. The molecule has 2 aromatic heterocycles. The van der Waals surface area contributed by atoms with Gasteiger partial charge in [-0.15, -0.1) is 0 Å². The van der Waals surface area contributed by atoms with Crippen LogP contribution in [0.15, 0.2) is 36.7 Å². The summed E-state index contributed by atoms with van der Waals surface area (Å²) in [5, 5.41) is 4.25. The third kappa shape index (κ3) is 2.33. The molecule has 0 radical (unpaired) electrons. The van der Waals surface area contributed by atoms with Crippen molar-refractivity contribution in [3.05, 3.63) is 59.0 Å². The van der Waals surface area contributed by atoms with Crippen molar-refractivity contribution in [1.29, 1.82) is 0 Å². The molecule has 1 aliphatic rings. The Morgan fingerprint density at radius 3 is 3.23 bits per heavy atom. The summed E-state index contributed by atoms with van der Waals surface area (Å²) in [5.41, 5.74) is 5.60. The van der Waals surface area contributed by atoms with Gasteiger partial charge in [-0.1, -0.05) is 18.2 Å². The molecule has 0 amide bonds. The average Bonchev–Trinajstić information content (AvgIpc) is 3.00. The molecule has 0 unspecified atom stereocenters. The molecule has 112 valence electrons. The molecule has 5 nitrogen and oxygen atoms in total. The van der Waals surface area contributed by atoms with E-state index in [-0.39, 0.29) is 0 Å². The largest absolute Gasteiger partial charge is 0.471 e. The van der Waals surface area contributed by atoms with Gasteiger partial charge in [-0.2, -0.15) is 5.10 Å². The van der Waals surface area contributed by atoms with Gasteiger partial charge in [-0.25, -0.2) is 9.50 Å². The summed E-state index contributed by atoms with van der Waals surface area (Å²) in [7, 11) is 0. The van der Waals surface area contributed by atoms with E-state index < -0.39 is 0 Å². The van der Waals surface area contributed by atoms with Gasteiger partial charge < -0.3 is 9.47 Å². The maximum atomic E-state index is 6.00. The zero-order valence-electron chi connectivity index (χ0n) is 12.5. The molecule has 3 heterocycles. The minimum absolute atomic E-state index is 0.514. The van der Waals surface area contributed by atoms with Crippen LogP contribution < -0.4 is 4.74 Å². The van der Waals surface area contributed by atoms with Crippen molar-refractivity contribution in [1.82, 2.24) is 14.6 Å². The summed E-state index contributed by atoms with van der Waals surface area (Å²) in [6.45, 7) is 3.93. The molecule has 1 aliphatic heterocycles. The number of rotatable bonds is 3. The lowest BCUT2D eigenvalue weighted by Gasteiger charge is -2.20. The van der Waals surface area contributed by atoms with E-state index in [0.717, 1.165) is 24.2 Å². The highest BCUT2D eigenvalue weighted by atomic mass is 16.5. The summed E-state index contributed by atoms with van der Waals surface area (Å²) < 4.78 is 13.3. The van der Waals surface area contributed by atoms with Crippen LogP contribution in [0, 0.1) is 6.92 Å². The highest BCUT2D eigenvalue weighted by molar-refractivity contribution is 5.55. The molecule has 0 fully saturated rings. The SMILES string of the molecule is Cc1cn2nccc2c(OCc2cccc3c2CCOC3)n1. The Hall–Kier alpha value is -2.40. The van der Waals surface area contributed by atoms with E-state index in [0.29, 0.717) is 19.1 Å². The summed E-state index contributed by atoms with van der Waals surface area (Å²) in [5.74, 6) is 0.627. The van der Waals surface area contributed by atoms with Crippen molar-refractivity contribution in [2.45, 2.75) is 26.6 Å². The smallest absolute Gasteiger partial charge is 0.240 e. The first-order chi connectivity index (χ1) is 10.8. The van der Waals surface area contributed by atoms with Crippen LogP contribution in [0.4, 0.5) is 0 Å². The first kappa shape index (κ1) is 13.3. The van der Waals surface area contributed by atoms with Gasteiger partial charge in [0, 0.05) is 0 Å². The van der Waals surface area contributed by atoms with Crippen LogP contribution in [0.2, 0.25) is 0 Å². The van der Waals surface area contributed by atoms with Gasteiger partial charge in [0.15, 0.2) is 0 Å². The molecule has 4 rings (SSSR count). The Morgan fingerprint density at radius 2 is 2.27 bits per heavy atom. The second-order valence-electron chi connectivity index (χ2n) is 5.49. The molecule has 3 aromatic rings. The van der Waals surface area contributed by atoms with Gasteiger partial charge >= 0.3 is 0 Å². The van der Waals surface area contributed by atoms with Crippen LogP contribution in [-0.2, 0) is 24.4 Å². The molecule has 0 aliphatic carbocycles. The normalized spacial score (nSPS) is 14.0. The fourth-order valence-corrected chi connectivity index (χ4v) is 2.90. The molecular weight excluding hydrogens is 278 g/mol. The Bertz CT molecular complexity index is 826. The van der Waals surface area contributed by atoms with Crippen LogP contribution >= 0.6 is 0 Å². The van der Waals surface area contributed by atoms with E-state index in [9.17, 15) is 0 Å². The lowest BCUT2D eigenvalue weighted by atomic mass is 9.98. The number of hydrogen-bond acceptors (Lipinski definition) is 4. The quantitative estimate of drug-likeness (QED) is 0.745. The molecule has 0 atom stereocenters.